The summed E-state index contributed by atoms with van der Waals surface area (Å²) in [6, 6.07) is 6.01. The van der Waals surface area contributed by atoms with Gasteiger partial charge in [-0.3, -0.25) is 0 Å². The van der Waals surface area contributed by atoms with Gasteiger partial charge in [-0.2, -0.15) is 4.98 Å². The minimum absolute atomic E-state index is 0.0657. The number of para-hydroxylation sites is 1. The SMILES string of the molecule is COc1cc(-c2noc(-c3cccc(O)c3O)n2)ncn1. The Balaban J connectivity index is 2.01. The Morgan fingerprint density at radius 2 is 2.05 bits per heavy atom. The molecule has 106 valence electrons. The third-order valence-corrected chi connectivity index (χ3v) is 2.75. The van der Waals surface area contributed by atoms with Gasteiger partial charge in [0, 0.05) is 6.07 Å². The Hall–Kier alpha value is -3.16. The predicted molar refractivity (Wildman–Crippen MR) is 70.6 cm³/mol. The van der Waals surface area contributed by atoms with Crippen molar-refractivity contribution >= 4 is 0 Å². The highest BCUT2D eigenvalue weighted by Crippen LogP contribution is 2.35. The molecule has 0 aliphatic rings. The summed E-state index contributed by atoms with van der Waals surface area (Å²) in [5.74, 6) is 0.0555. The van der Waals surface area contributed by atoms with Crippen LogP contribution >= 0.6 is 0 Å². The van der Waals surface area contributed by atoms with E-state index in [9.17, 15) is 10.2 Å². The fraction of sp³-hybridized carbons (Fsp3) is 0.0769. The zero-order chi connectivity index (χ0) is 14.8. The average molecular weight is 286 g/mol. The number of hydrogen-bond acceptors (Lipinski definition) is 8. The molecule has 0 bridgehead atoms. The number of aromatic nitrogens is 4. The molecular formula is C13H10N4O4. The van der Waals surface area contributed by atoms with Gasteiger partial charge >= 0.3 is 0 Å². The van der Waals surface area contributed by atoms with E-state index < -0.39 is 0 Å². The van der Waals surface area contributed by atoms with Crippen molar-refractivity contribution in [3.05, 3.63) is 30.6 Å². The van der Waals surface area contributed by atoms with Gasteiger partial charge < -0.3 is 19.5 Å². The summed E-state index contributed by atoms with van der Waals surface area (Å²) >= 11 is 0. The monoisotopic (exact) mass is 286 g/mol. The van der Waals surface area contributed by atoms with Crippen molar-refractivity contribution in [2.24, 2.45) is 0 Å². The maximum absolute atomic E-state index is 9.79. The summed E-state index contributed by atoms with van der Waals surface area (Å²) in [5, 5.41) is 23.1. The van der Waals surface area contributed by atoms with Gasteiger partial charge in [0.25, 0.3) is 5.89 Å². The lowest BCUT2D eigenvalue weighted by Crippen LogP contribution is -1.91. The second-order valence-corrected chi connectivity index (χ2v) is 4.04. The van der Waals surface area contributed by atoms with E-state index >= 15 is 0 Å². The second-order valence-electron chi connectivity index (χ2n) is 4.04. The van der Waals surface area contributed by atoms with Gasteiger partial charge in [-0.15, -0.1) is 0 Å². The third kappa shape index (κ3) is 2.34. The number of benzene rings is 1. The van der Waals surface area contributed by atoms with Crippen molar-refractivity contribution < 1.29 is 19.5 Å². The molecule has 3 aromatic rings. The number of hydrogen-bond donors (Lipinski definition) is 2. The van der Waals surface area contributed by atoms with Crippen LogP contribution in [-0.4, -0.2) is 37.4 Å². The van der Waals surface area contributed by atoms with Gasteiger partial charge in [0.1, 0.15) is 12.0 Å². The minimum atomic E-state index is -0.326. The molecule has 0 radical (unpaired) electrons. The van der Waals surface area contributed by atoms with Crippen molar-refractivity contribution in [3.63, 3.8) is 0 Å². The maximum Gasteiger partial charge on any atom is 0.262 e. The highest BCUT2D eigenvalue weighted by Gasteiger charge is 2.17. The number of methoxy groups -OCH3 is 1. The Morgan fingerprint density at radius 1 is 1.19 bits per heavy atom. The lowest BCUT2D eigenvalue weighted by atomic mass is 10.2. The second kappa shape index (κ2) is 5.08. The standard InChI is InChI=1S/C13H10N4O4/c1-20-10-5-8(14-6-15-10)12-16-13(21-17-12)7-3-2-4-9(18)11(7)19/h2-6,18-19H,1H3. The van der Waals surface area contributed by atoms with E-state index in [1.165, 1.54) is 19.5 Å². The molecule has 8 heteroatoms. The molecule has 0 aliphatic heterocycles. The molecule has 21 heavy (non-hydrogen) atoms. The highest BCUT2D eigenvalue weighted by molar-refractivity contribution is 5.67. The predicted octanol–water partition coefficient (Wildman–Crippen LogP) is 1.61. The molecule has 0 unspecified atom stereocenters. The van der Waals surface area contributed by atoms with Crippen molar-refractivity contribution in [2.75, 3.05) is 7.11 Å². The molecule has 1 aromatic carbocycles. The number of rotatable bonds is 3. The van der Waals surface area contributed by atoms with Crippen LogP contribution in [0.4, 0.5) is 0 Å². The Kier molecular flexibility index (Phi) is 3.11. The van der Waals surface area contributed by atoms with Crippen LogP contribution in [0, 0.1) is 0 Å². The first-order chi connectivity index (χ1) is 10.2. The first-order valence-electron chi connectivity index (χ1n) is 5.90. The fourth-order valence-electron chi connectivity index (χ4n) is 1.71. The minimum Gasteiger partial charge on any atom is -0.504 e. The van der Waals surface area contributed by atoms with E-state index in [4.69, 9.17) is 9.26 Å². The molecule has 8 nitrogen and oxygen atoms in total. The van der Waals surface area contributed by atoms with Gasteiger partial charge in [-0.25, -0.2) is 9.97 Å². The molecule has 2 aromatic heterocycles. The number of aromatic hydroxyl groups is 2. The van der Waals surface area contributed by atoms with E-state index in [2.05, 4.69) is 20.1 Å². The molecule has 0 fully saturated rings. The number of phenolic OH excluding ortho intramolecular Hbond substituents is 2. The third-order valence-electron chi connectivity index (χ3n) is 2.75. The van der Waals surface area contributed by atoms with E-state index in [0.29, 0.717) is 11.6 Å². The first kappa shape index (κ1) is 12.9. The summed E-state index contributed by atoms with van der Waals surface area (Å²) in [7, 11) is 1.48. The van der Waals surface area contributed by atoms with Gasteiger partial charge in [0.05, 0.1) is 12.7 Å². The molecule has 3 rings (SSSR count). The summed E-state index contributed by atoms with van der Waals surface area (Å²) in [4.78, 5) is 12.0. The van der Waals surface area contributed by atoms with Crippen LogP contribution in [0.5, 0.6) is 17.4 Å². The van der Waals surface area contributed by atoms with Crippen LogP contribution in [0.15, 0.2) is 35.1 Å². The van der Waals surface area contributed by atoms with Crippen molar-refractivity contribution in [1.82, 2.24) is 20.1 Å². The zero-order valence-electron chi connectivity index (χ0n) is 10.9. The number of phenols is 2. The molecule has 0 spiro atoms. The topological polar surface area (TPSA) is 114 Å². The summed E-state index contributed by atoms with van der Waals surface area (Å²) in [6.45, 7) is 0. The van der Waals surface area contributed by atoms with Gasteiger partial charge in [-0.05, 0) is 12.1 Å². The molecule has 0 amide bonds. The first-order valence-corrected chi connectivity index (χ1v) is 5.90. The van der Waals surface area contributed by atoms with Crippen LogP contribution in [0.3, 0.4) is 0 Å². The zero-order valence-corrected chi connectivity index (χ0v) is 10.9. The highest BCUT2D eigenvalue weighted by atomic mass is 16.5. The summed E-state index contributed by atoms with van der Waals surface area (Å²) in [5.41, 5.74) is 0.645. The molecule has 0 aliphatic carbocycles. The molecule has 2 N–H and O–H groups in total. The van der Waals surface area contributed by atoms with Crippen LogP contribution in [0.1, 0.15) is 0 Å². The fourth-order valence-corrected chi connectivity index (χ4v) is 1.71. The van der Waals surface area contributed by atoms with E-state index in [1.807, 2.05) is 0 Å². The molecule has 0 atom stereocenters. The van der Waals surface area contributed by atoms with Gasteiger partial charge in [0.15, 0.2) is 11.5 Å². The quantitative estimate of drug-likeness (QED) is 0.698. The van der Waals surface area contributed by atoms with E-state index in [0.717, 1.165) is 0 Å². The van der Waals surface area contributed by atoms with E-state index in [1.54, 1.807) is 18.2 Å². The molecule has 0 saturated heterocycles. The van der Waals surface area contributed by atoms with E-state index in [-0.39, 0.29) is 28.8 Å². The Bertz CT molecular complexity index is 787. The van der Waals surface area contributed by atoms with Crippen molar-refractivity contribution in [1.29, 1.82) is 0 Å². The van der Waals surface area contributed by atoms with Crippen LogP contribution in [-0.2, 0) is 0 Å². The smallest absolute Gasteiger partial charge is 0.262 e. The Labute approximate surface area is 118 Å². The number of nitrogens with zero attached hydrogens (tertiary/aromatic N) is 4. The van der Waals surface area contributed by atoms with Crippen LogP contribution in [0.2, 0.25) is 0 Å². The lowest BCUT2D eigenvalue weighted by Gasteiger charge is -2.00. The molecule has 0 saturated carbocycles. The largest absolute Gasteiger partial charge is 0.504 e. The van der Waals surface area contributed by atoms with Crippen molar-refractivity contribution in [3.8, 4) is 40.4 Å². The summed E-state index contributed by atoms with van der Waals surface area (Å²) < 4.78 is 10.1. The van der Waals surface area contributed by atoms with Crippen LogP contribution in [0.25, 0.3) is 23.0 Å². The lowest BCUT2D eigenvalue weighted by molar-refractivity contribution is 0.396. The number of ether oxygens (including phenoxy) is 1. The molecular weight excluding hydrogens is 276 g/mol. The van der Waals surface area contributed by atoms with Crippen molar-refractivity contribution in [2.45, 2.75) is 0 Å². The summed E-state index contributed by atoms with van der Waals surface area (Å²) in [6.07, 6.45) is 1.32. The van der Waals surface area contributed by atoms with Gasteiger partial charge in [0.2, 0.25) is 11.7 Å². The van der Waals surface area contributed by atoms with Crippen LogP contribution < -0.4 is 4.74 Å². The maximum atomic E-state index is 9.79. The normalized spacial score (nSPS) is 10.5. The average Bonchev–Trinajstić information content (AvgIpc) is 3.00. The molecule has 2 heterocycles. The van der Waals surface area contributed by atoms with Gasteiger partial charge in [-0.1, -0.05) is 11.2 Å². The Morgan fingerprint density at radius 3 is 2.86 bits per heavy atom.